The molecule has 1 nitrogen and oxygen atoms in total. The van der Waals surface area contributed by atoms with Gasteiger partial charge in [-0.1, -0.05) is 55.7 Å². The first-order valence-corrected chi connectivity index (χ1v) is 19.2. The Morgan fingerprint density at radius 2 is 0.733 bits per heavy atom. The summed E-state index contributed by atoms with van der Waals surface area (Å²) in [6, 6.07) is 29.8. The van der Waals surface area contributed by atoms with E-state index in [1.165, 1.54) is 126 Å². The Hall–Kier alpha value is -2.54. The second-order valence-corrected chi connectivity index (χ2v) is 17.8. The van der Waals surface area contributed by atoms with Gasteiger partial charge in [0.1, 0.15) is 0 Å². The first kappa shape index (κ1) is 27.6. The SMILES string of the molecule is c1cc(N(c2ccc(C34CC5CC(CC(C5)C3)C4)cc2)c2ccc(C34CC5CC(CC(C5)C3)C4)cc2)ccc1C1CCCCC1. The van der Waals surface area contributed by atoms with Crippen molar-refractivity contribution < 1.29 is 0 Å². The van der Waals surface area contributed by atoms with Crippen LogP contribution in [0.5, 0.6) is 0 Å². The molecule has 9 aliphatic rings. The monoisotopic (exact) mass is 595 g/mol. The molecule has 0 unspecified atom stereocenters. The van der Waals surface area contributed by atoms with Crippen molar-refractivity contribution in [2.45, 2.75) is 126 Å². The molecule has 12 rings (SSSR count). The van der Waals surface area contributed by atoms with Gasteiger partial charge in [-0.25, -0.2) is 0 Å². The van der Waals surface area contributed by atoms with E-state index in [2.05, 4.69) is 77.7 Å². The van der Waals surface area contributed by atoms with Gasteiger partial charge < -0.3 is 4.90 Å². The van der Waals surface area contributed by atoms with Gasteiger partial charge in [0.2, 0.25) is 0 Å². The van der Waals surface area contributed by atoms with Crippen LogP contribution in [0.15, 0.2) is 72.8 Å². The Kier molecular flexibility index (Phi) is 6.42. The molecule has 1 heteroatoms. The summed E-state index contributed by atoms with van der Waals surface area (Å²) in [4.78, 5) is 2.55. The van der Waals surface area contributed by atoms with Crippen LogP contribution in [0.3, 0.4) is 0 Å². The Bertz CT molecular complexity index is 1360. The lowest BCUT2D eigenvalue weighted by Crippen LogP contribution is -2.48. The Balaban J connectivity index is 0.986. The average molecular weight is 596 g/mol. The van der Waals surface area contributed by atoms with E-state index >= 15 is 0 Å². The predicted molar refractivity (Wildman–Crippen MR) is 187 cm³/mol. The molecule has 0 atom stereocenters. The lowest BCUT2D eigenvalue weighted by molar-refractivity contribution is -0.00529. The fraction of sp³-hybridized carbons (Fsp3) is 0.591. The first-order valence-electron chi connectivity index (χ1n) is 19.2. The maximum absolute atomic E-state index is 2.55. The summed E-state index contributed by atoms with van der Waals surface area (Å²) in [5, 5.41) is 0. The molecule has 45 heavy (non-hydrogen) atoms. The van der Waals surface area contributed by atoms with Gasteiger partial charge in [0, 0.05) is 17.1 Å². The summed E-state index contributed by atoms with van der Waals surface area (Å²) < 4.78 is 0. The highest BCUT2D eigenvalue weighted by Crippen LogP contribution is 2.62. The van der Waals surface area contributed by atoms with Gasteiger partial charge in [-0.15, -0.1) is 0 Å². The zero-order chi connectivity index (χ0) is 29.6. The van der Waals surface area contributed by atoms with Crippen LogP contribution in [0.25, 0.3) is 0 Å². The summed E-state index contributed by atoms with van der Waals surface area (Å²) in [7, 11) is 0. The summed E-state index contributed by atoms with van der Waals surface area (Å²) in [6.45, 7) is 0. The molecular formula is C44H53N. The second-order valence-electron chi connectivity index (χ2n) is 17.8. The molecule has 0 saturated heterocycles. The Labute approximate surface area is 272 Å². The van der Waals surface area contributed by atoms with Crippen LogP contribution in [0.1, 0.15) is 132 Å². The van der Waals surface area contributed by atoms with Gasteiger partial charge in [0.25, 0.3) is 0 Å². The Morgan fingerprint density at radius 3 is 1.09 bits per heavy atom. The summed E-state index contributed by atoms with van der Waals surface area (Å²) >= 11 is 0. The molecule has 0 amide bonds. The number of benzene rings is 3. The minimum atomic E-state index is 0.458. The molecule has 9 aliphatic carbocycles. The molecule has 8 bridgehead atoms. The molecule has 0 aromatic heterocycles. The van der Waals surface area contributed by atoms with Gasteiger partial charge in [0.15, 0.2) is 0 Å². The minimum Gasteiger partial charge on any atom is -0.311 e. The topological polar surface area (TPSA) is 3.24 Å². The van der Waals surface area contributed by atoms with Crippen LogP contribution in [0, 0.1) is 35.5 Å². The van der Waals surface area contributed by atoms with E-state index in [9.17, 15) is 0 Å². The van der Waals surface area contributed by atoms with Gasteiger partial charge in [-0.2, -0.15) is 0 Å². The molecule has 0 N–H and O–H groups in total. The van der Waals surface area contributed by atoms with Crippen molar-refractivity contribution in [2.75, 3.05) is 4.90 Å². The fourth-order valence-corrected chi connectivity index (χ4v) is 13.6. The molecule has 0 radical (unpaired) electrons. The average Bonchev–Trinajstić information content (AvgIpc) is 3.05. The number of nitrogens with zero attached hydrogens (tertiary/aromatic N) is 1. The standard InChI is InChI=1S/C44H53N/c1-2-4-36(5-3-1)37-6-12-40(13-7-37)45(41-14-8-38(9-15-41)43-24-30-18-31(25-43)20-32(19-30)26-43)42-16-10-39(11-17-42)44-27-33-21-34(28-44)23-35(22-33)29-44/h6-17,30-36H,1-5,18-29H2. The van der Waals surface area contributed by atoms with E-state index in [1.807, 2.05) is 0 Å². The molecule has 3 aromatic carbocycles. The third-order valence-electron chi connectivity index (χ3n) is 14.8. The highest BCUT2D eigenvalue weighted by Gasteiger charge is 2.52. The van der Waals surface area contributed by atoms with Crippen LogP contribution in [-0.4, -0.2) is 0 Å². The van der Waals surface area contributed by atoms with Gasteiger partial charge in [0.05, 0.1) is 0 Å². The summed E-state index contributed by atoms with van der Waals surface area (Å²) in [5.41, 5.74) is 9.67. The minimum absolute atomic E-state index is 0.458. The number of hydrogen-bond donors (Lipinski definition) is 0. The predicted octanol–water partition coefficient (Wildman–Crippen LogP) is 12.1. The van der Waals surface area contributed by atoms with Crippen LogP contribution < -0.4 is 4.90 Å². The van der Waals surface area contributed by atoms with Crippen LogP contribution in [0.2, 0.25) is 0 Å². The van der Waals surface area contributed by atoms with E-state index in [4.69, 9.17) is 0 Å². The molecule has 0 spiro atoms. The van der Waals surface area contributed by atoms with Crippen LogP contribution >= 0.6 is 0 Å². The van der Waals surface area contributed by atoms with E-state index in [0.717, 1.165) is 41.4 Å². The molecule has 9 saturated carbocycles. The first-order chi connectivity index (χ1) is 22.1. The maximum atomic E-state index is 2.55. The van der Waals surface area contributed by atoms with Gasteiger partial charge in [-0.05, 0) is 195 Å². The van der Waals surface area contributed by atoms with Crippen LogP contribution in [0.4, 0.5) is 17.1 Å². The maximum Gasteiger partial charge on any atom is 0.0461 e. The van der Waals surface area contributed by atoms with Crippen molar-refractivity contribution in [2.24, 2.45) is 35.5 Å². The highest BCUT2D eigenvalue weighted by molar-refractivity contribution is 5.77. The molecular weight excluding hydrogens is 542 g/mol. The van der Waals surface area contributed by atoms with Crippen molar-refractivity contribution >= 4 is 17.1 Å². The molecule has 9 fully saturated rings. The smallest absolute Gasteiger partial charge is 0.0461 e. The van der Waals surface area contributed by atoms with E-state index < -0.39 is 0 Å². The molecule has 0 heterocycles. The van der Waals surface area contributed by atoms with Crippen molar-refractivity contribution in [3.05, 3.63) is 89.5 Å². The van der Waals surface area contributed by atoms with E-state index in [-0.39, 0.29) is 0 Å². The van der Waals surface area contributed by atoms with Gasteiger partial charge >= 0.3 is 0 Å². The molecule has 3 aromatic rings. The van der Waals surface area contributed by atoms with E-state index in [0.29, 0.717) is 10.8 Å². The molecule has 0 aliphatic heterocycles. The third kappa shape index (κ3) is 4.68. The molecule has 234 valence electrons. The number of hydrogen-bond acceptors (Lipinski definition) is 1. The quantitative estimate of drug-likeness (QED) is 0.274. The lowest BCUT2D eigenvalue weighted by Gasteiger charge is -2.57. The number of rotatable bonds is 6. The van der Waals surface area contributed by atoms with Crippen molar-refractivity contribution in [1.82, 2.24) is 0 Å². The summed E-state index contributed by atoms with van der Waals surface area (Å²) in [6.07, 6.45) is 24.7. The fourth-order valence-electron chi connectivity index (χ4n) is 13.6. The van der Waals surface area contributed by atoms with Crippen molar-refractivity contribution in [1.29, 1.82) is 0 Å². The van der Waals surface area contributed by atoms with Crippen molar-refractivity contribution in [3.8, 4) is 0 Å². The van der Waals surface area contributed by atoms with Crippen LogP contribution in [-0.2, 0) is 10.8 Å². The summed E-state index contributed by atoms with van der Waals surface area (Å²) in [5.74, 6) is 6.68. The Morgan fingerprint density at radius 1 is 0.400 bits per heavy atom. The largest absolute Gasteiger partial charge is 0.311 e. The zero-order valence-corrected chi connectivity index (χ0v) is 27.4. The third-order valence-corrected chi connectivity index (χ3v) is 14.8. The number of anilines is 3. The van der Waals surface area contributed by atoms with E-state index in [1.54, 1.807) is 16.7 Å². The van der Waals surface area contributed by atoms with Gasteiger partial charge in [-0.3, -0.25) is 0 Å². The lowest BCUT2D eigenvalue weighted by atomic mass is 9.48. The second kappa shape index (κ2) is 10.5. The zero-order valence-electron chi connectivity index (χ0n) is 27.4. The van der Waals surface area contributed by atoms with Crippen molar-refractivity contribution in [3.63, 3.8) is 0 Å². The normalized spacial score (nSPS) is 38.1. The highest BCUT2D eigenvalue weighted by atomic mass is 15.1.